The normalized spacial score (nSPS) is 28.7. The van der Waals surface area contributed by atoms with Crippen LogP contribution < -0.4 is 4.90 Å². The van der Waals surface area contributed by atoms with E-state index >= 15 is 0 Å². The fourth-order valence-corrected chi connectivity index (χ4v) is 6.99. The van der Waals surface area contributed by atoms with E-state index in [4.69, 9.17) is 5.41 Å². The summed E-state index contributed by atoms with van der Waals surface area (Å²) in [6, 6.07) is 7.79. The van der Waals surface area contributed by atoms with E-state index in [1.807, 2.05) is 35.4 Å². The van der Waals surface area contributed by atoms with Crippen LogP contribution in [-0.4, -0.2) is 42.6 Å². The summed E-state index contributed by atoms with van der Waals surface area (Å²) in [5.41, 5.74) is 0.956. The van der Waals surface area contributed by atoms with E-state index < -0.39 is 9.84 Å². The van der Waals surface area contributed by atoms with Gasteiger partial charge in [-0.05, 0) is 18.4 Å². The molecule has 0 spiro atoms. The molecule has 0 aromatic heterocycles. The Bertz CT molecular complexity index is 630. The molecule has 1 aromatic rings. The molecule has 0 saturated carbocycles. The summed E-state index contributed by atoms with van der Waals surface area (Å²) < 4.78 is 23.5. The molecule has 2 saturated heterocycles. The van der Waals surface area contributed by atoms with E-state index in [1.165, 1.54) is 11.8 Å². The average Bonchev–Trinajstić information content (AvgIpc) is 2.79. The van der Waals surface area contributed by atoms with Gasteiger partial charge in [-0.1, -0.05) is 23.9 Å². The molecular formula is C12H14N2O2S3. The Labute approximate surface area is 121 Å². The van der Waals surface area contributed by atoms with Crippen LogP contribution in [0.3, 0.4) is 0 Å². The summed E-state index contributed by atoms with van der Waals surface area (Å²) in [5.74, 6) is 0.360. The maximum Gasteiger partial charge on any atom is 0.161 e. The van der Waals surface area contributed by atoms with Gasteiger partial charge in [0.05, 0.1) is 23.2 Å². The van der Waals surface area contributed by atoms with E-state index in [1.54, 1.807) is 11.8 Å². The Hall–Kier alpha value is -0.660. The van der Waals surface area contributed by atoms with Crippen LogP contribution in [0.1, 0.15) is 0 Å². The minimum atomic E-state index is -2.96. The first kappa shape index (κ1) is 13.3. The number of sulfone groups is 1. The van der Waals surface area contributed by atoms with Crippen molar-refractivity contribution in [2.75, 3.05) is 22.7 Å². The maximum atomic E-state index is 11.8. The zero-order chi connectivity index (χ0) is 13.6. The lowest BCUT2D eigenvalue weighted by Gasteiger charge is -2.25. The number of para-hydroxylation sites is 1. The molecule has 7 heteroatoms. The molecule has 2 unspecified atom stereocenters. The monoisotopic (exact) mass is 314 g/mol. The average molecular weight is 314 g/mol. The molecule has 3 rings (SSSR count). The van der Waals surface area contributed by atoms with Gasteiger partial charge in [0.15, 0.2) is 15.0 Å². The van der Waals surface area contributed by atoms with E-state index in [0.717, 1.165) is 10.6 Å². The number of hydrogen-bond donors (Lipinski definition) is 1. The third-order valence-corrected chi connectivity index (χ3v) is 7.35. The molecule has 0 bridgehead atoms. The highest BCUT2D eigenvalue weighted by molar-refractivity contribution is 8.15. The highest BCUT2D eigenvalue weighted by atomic mass is 32.2. The molecule has 0 amide bonds. The minimum Gasteiger partial charge on any atom is -0.315 e. The molecule has 2 fully saturated rings. The second kappa shape index (κ2) is 4.71. The quantitative estimate of drug-likeness (QED) is 0.847. The first-order valence-corrected chi connectivity index (χ1v) is 9.82. The van der Waals surface area contributed by atoms with Crippen LogP contribution in [0.5, 0.6) is 0 Å². The van der Waals surface area contributed by atoms with Crippen molar-refractivity contribution in [1.29, 1.82) is 5.41 Å². The number of benzene rings is 1. The lowest BCUT2D eigenvalue weighted by Crippen LogP contribution is -2.37. The van der Waals surface area contributed by atoms with Crippen molar-refractivity contribution in [1.82, 2.24) is 0 Å². The summed E-state index contributed by atoms with van der Waals surface area (Å²) >= 11 is 3.00. The smallest absolute Gasteiger partial charge is 0.161 e. The molecule has 0 aliphatic carbocycles. The van der Waals surface area contributed by atoms with Gasteiger partial charge in [-0.3, -0.25) is 5.41 Å². The van der Waals surface area contributed by atoms with Gasteiger partial charge in [0, 0.05) is 10.1 Å². The van der Waals surface area contributed by atoms with Gasteiger partial charge in [-0.15, -0.1) is 11.8 Å². The van der Waals surface area contributed by atoms with Crippen molar-refractivity contribution in [2.45, 2.75) is 16.2 Å². The molecule has 1 N–H and O–H groups in total. The Balaban J connectivity index is 2.02. The highest BCUT2D eigenvalue weighted by Crippen LogP contribution is 2.42. The van der Waals surface area contributed by atoms with Crippen molar-refractivity contribution >= 4 is 44.2 Å². The van der Waals surface area contributed by atoms with E-state index in [0.29, 0.717) is 5.17 Å². The zero-order valence-electron chi connectivity index (χ0n) is 10.4. The van der Waals surface area contributed by atoms with E-state index in [-0.39, 0.29) is 22.8 Å². The zero-order valence-corrected chi connectivity index (χ0v) is 12.8. The molecule has 2 atom stereocenters. The van der Waals surface area contributed by atoms with Crippen molar-refractivity contribution in [2.24, 2.45) is 0 Å². The maximum absolute atomic E-state index is 11.8. The van der Waals surface area contributed by atoms with Crippen molar-refractivity contribution in [3.8, 4) is 0 Å². The van der Waals surface area contributed by atoms with Gasteiger partial charge in [-0.25, -0.2) is 8.42 Å². The van der Waals surface area contributed by atoms with Gasteiger partial charge in [0.1, 0.15) is 0 Å². The molecule has 19 heavy (non-hydrogen) atoms. The van der Waals surface area contributed by atoms with E-state index in [9.17, 15) is 8.42 Å². The lowest BCUT2D eigenvalue weighted by atomic mass is 10.2. The molecule has 2 aliphatic rings. The van der Waals surface area contributed by atoms with Gasteiger partial charge >= 0.3 is 0 Å². The predicted octanol–water partition coefficient (Wildman–Crippen LogP) is 2.06. The van der Waals surface area contributed by atoms with Crippen LogP contribution in [0.15, 0.2) is 29.2 Å². The molecule has 4 nitrogen and oxygen atoms in total. The molecule has 102 valence electrons. The number of nitrogens with zero attached hydrogens (tertiary/aromatic N) is 1. The number of hydrogen-bond acceptors (Lipinski definition) is 5. The van der Waals surface area contributed by atoms with Gasteiger partial charge in [0.2, 0.25) is 0 Å². The van der Waals surface area contributed by atoms with Crippen LogP contribution in [0, 0.1) is 5.41 Å². The Morgan fingerprint density at radius 3 is 2.84 bits per heavy atom. The highest BCUT2D eigenvalue weighted by Gasteiger charge is 2.49. The summed E-state index contributed by atoms with van der Waals surface area (Å²) in [7, 11) is -2.96. The summed E-state index contributed by atoms with van der Waals surface area (Å²) in [5, 5.41) is 8.60. The van der Waals surface area contributed by atoms with Crippen molar-refractivity contribution in [3.63, 3.8) is 0 Å². The predicted molar refractivity (Wildman–Crippen MR) is 82.2 cm³/mol. The first-order valence-electron chi connectivity index (χ1n) is 5.90. The molecule has 2 heterocycles. The van der Waals surface area contributed by atoms with Crippen LogP contribution in [-0.2, 0) is 9.84 Å². The number of thioether (sulfide) groups is 2. The van der Waals surface area contributed by atoms with Crippen LogP contribution >= 0.6 is 23.5 Å². The van der Waals surface area contributed by atoms with Crippen LogP contribution in [0.25, 0.3) is 0 Å². The second-order valence-corrected chi connectivity index (χ2v) is 8.88. The number of amidine groups is 1. The van der Waals surface area contributed by atoms with Crippen LogP contribution in [0.2, 0.25) is 0 Å². The largest absolute Gasteiger partial charge is 0.315 e. The second-order valence-electron chi connectivity index (χ2n) is 4.65. The van der Waals surface area contributed by atoms with Gasteiger partial charge in [-0.2, -0.15) is 0 Å². The lowest BCUT2D eigenvalue weighted by molar-refractivity contribution is 0.601. The molecule has 2 aliphatic heterocycles. The fraction of sp³-hybridized carbons (Fsp3) is 0.417. The third-order valence-electron chi connectivity index (χ3n) is 3.43. The summed E-state index contributed by atoms with van der Waals surface area (Å²) in [6.07, 6.45) is 1.99. The van der Waals surface area contributed by atoms with Gasteiger partial charge in [0.25, 0.3) is 0 Å². The Kier molecular flexibility index (Phi) is 3.31. The summed E-state index contributed by atoms with van der Waals surface area (Å²) in [4.78, 5) is 2.98. The number of nitrogens with one attached hydrogen (secondary N) is 1. The van der Waals surface area contributed by atoms with Gasteiger partial charge < -0.3 is 4.90 Å². The molecular weight excluding hydrogens is 300 g/mol. The van der Waals surface area contributed by atoms with Crippen molar-refractivity contribution in [3.05, 3.63) is 24.3 Å². The number of fused-ring (bicyclic) bond motifs is 1. The Morgan fingerprint density at radius 1 is 1.37 bits per heavy atom. The minimum absolute atomic E-state index is 0.00686. The van der Waals surface area contributed by atoms with Crippen molar-refractivity contribution < 1.29 is 8.42 Å². The summed E-state index contributed by atoms with van der Waals surface area (Å²) in [6.45, 7) is 0. The first-order chi connectivity index (χ1) is 9.02. The topological polar surface area (TPSA) is 61.2 Å². The third kappa shape index (κ3) is 2.28. The van der Waals surface area contributed by atoms with E-state index in [2.05, 4.69) is 0 Å². The fourth-order valence-electron chi connectivity index (χ4n) is 2.62. The SMILES string of the molecule is CSc1ccccc1N1C(=N)SC2CS(=O)(=O)CC21. The number of rotatable bonds is 2. The Morgan fingerprint density at radius 2 is 2.11 bits per heavy atom. The standard InChI is InChI=1S/C12H14N2O2S3/c1-17-10-5-3-2-4-8(10)14-9-6-19(15,16)7-11(9)18-12(14)13/h2-5,9,11,13H,6-7H2,1H3. The number of anilines is 1. The molecule has 1 aromatic carbocycles. The molecule has 0 radical (unpaired) electrons. The van der Waals surface area contributed by atoms with Crippen LogP contribution in [0.4, 0.5) is 5.69 Å².